The maximum atomic E-state index is 6.53. The minimum atomic E-state index is 0.729. The molecule has 0 fully saturated rings. The van der Waals surface area contributed by atoms with Crippen LogP contribution >= 0.6 is 0 Å². The van der Waals surface area contributed by atoms with E-state index in [0.29, 0.717) is 0 Å². The zero-order valence-electron chi connectivity index (χ0n) is 22.6. The molecule has 0 N–H and O–H groups in total. The standard InChI is InChI=1S/C38H27BN2/c39-28-25-26-35-36(27-28)38(41(31-19-9-3-10-20-31)32-21-11-4-12-22-32)34-24-14-13-23-33(34)37(35)40(29-15-5-1-6-16-29)30-17-7-2-8-18-30/h1-27H. The van der Waals surface area contributed by atoms with Gasteiger partial charge >= 0.3 is 0 Å². The first-order valence-electron chi connectivity index (χ1n) is 13.8. The average Bonchev–Trinajstić information content (AvgIpc) is 3.04. The van der Waals surface area contributed by atoms with E-state index in [2.05, 4.69) is 168 Å². The van der Waals surface area contributed by atoms with Crippen molar-refractivity contribution in [1.29, 1.82) is 0 Å². The molecule has 0 saturated heterocycles. The van der Waals surface area contributed by atoms with Gasteiger partial charge in [0.2, 0.25) is 0 Å². The van der Waals surface area contributed by atoms with Crippen LogP contribution in [-0.4, -0.2) is 7.85 Å². The molecule has 0 amide bonds. The van der Waals surface area contributed by atoms with Gasteiger partial charge in [-0.15, -0.1) is 0 Å². The van der Waals surface area contributed by atoms with Gasteiger partial charge in [0.15, 0.2) is 0 Å². The van der Waals surface area contributed by atoms with Crippen molar-refractivity contribution in [3.05, 3.63) is 164 Å². The lowest BCUT2D eigenvalue weighted by Gasteiger charge is -2.33. The van der Waals surface area contributed by atoms with E-state index in [1.165, 1.54) is 0 Å². The van der Waals surface area contributed by atoms with Gasteiger partial charge in [-0.1, -0.05) is 121 Å². The Morgan fingerprint density at radius 3 is 1.02 bits per heavy atom. The van der Waals surface area contributed by atoms with Gasteiger partial charge < -0.3 is 9.80 Å². The van der Waals surface area contributed by atoms with Crippen molar-refractivity contribution in [2.24, 2.45) is 0 Å². The minimum absolute atomic E-state index is 0.729. The van der Waals surface area contributed by atoms with Crippen molar-refractivity contribution >= 4 is 69.0 Å². The summed E-state index contributed by atoms with van der Waals surface area (Å²) in [5, 5.41) is 4.51. The van der Waals surface area contributed by atoms with Gasteiger partial charge in [0.05, 0.1) is 11.4 Å². The number of anilines is 6. The molecule has 0 bridgehead atoms. The Morgan fingerprint density at radius 1 is 0.317 bits per heavy atom. The third kappa shape index (κ3) is 4.52. The van der Waals surface area contributed by atoms with E-state index in [1.54, 1.807) is 0 Å². The van der Waals surface area contributed by atoms with Crippen molar-refractivity contribution in [3.63, 3.8) is 0 Å². The van der Waals surface area contributed by atoms with Gasteiger partial charge in [-0.25, -0.2) is 0 Å². The smallest absolute Gasteiger partial charge is 0.113 e. The van der Waals surface area contributed by atoms with Gasteiger partial charge in [0, 0.05) is 44.3 Å². The van der Waals surface area contributed by atoms with Crippen molar-refractivity contribution in [2.45, 2.75) is 0 Å². The van der Waals surface area contributed by atoms with Crippen LogP contribution in [0.3, 0.4) is 0 Å². The summed E-state index contributed by atoms with van der Waals surface area (Å²) in [6.07, 6.45) is 0. The summed E-state index contributed by atoms with van der Waals surface area (Å²) in [6.45, 7) is 0. The van der Waals surface area contributed by atoms with E-state index >= 15 is 0 Å². The number of fused-ring (bicyclic) bond motifs is 2. The molecule has 0 heterocycles. The summed E-state index contributed by atoms with van der Waals surface area (Å²) in [5.74, 6) is 0. The zero-order valence-corrected chi connectivity index (χ0v) is 22.6. The Morgan fingerprint density at radius 2 is 0.634 bits per heavy atom. The molecular formula is C38H27BN2. The van der Waals surface area contributed by atoms with Crippen LogP contribution in [-0.2, 0) is 0 Å². The SMILES string of the molecule is [B]c1ccc2c(N(c3ccccc3)c3ccccc3)c3ccccc3c(N(c3ccccc3)c3ccccc3)c2c1. The average molecular weight is 522 g/mol. The molecule has 3 heteroatoms. The molecule has 2 nitrogen and oxygen atoms in total. The van der Waals surface area contributed by atoms with Crippen LogP contribution in [0.2, 0.25) is 0 Å². The van der Waals surface area contributed by atoms with E-state index in [-0.39, 0.29) is 0 Å². The molecule has 0 saturated carbocycles. The van der Waals surface area contributed by atoms with Crippen molar-refractivity contribution in [1.82, 2.24) is 0 Å². The van der Waals surface area contributed by atoms with Crippen molar-refractivity contribution in [2.75, 3.05) is 9.80 Å². The lowest BCUT2D eigenvalue weighted by atomic mass is 9.89. The molecule has 41 heavy (non-hydrogen) atoms. The van der Waals surface area contributed by atoms with E-state index in [9.17, 15) is 0 Å². The van der Waals surface area contributed by atoms with Crippen molar-refractivity contribution < 1.29 is 0 Å². The lowest BCUT2D eigenvalue weighted by Crippen LogP contribution is -2.15. The van der Waals surface area contributed by atoms with Gasteiger partial charge in [0.25, 0.3) is 0 Å². The zero-order chi connectivity index (χ0) is 27.6. The van der Waals surface area contributed by atoms with E-state index < -0.39 is 0 Å². The lowest BCUT2D eigenvalue weighted by molar-refractivity contribution is 1.29. The van der Waals surface area contributed by atoms with Crippen LogP contribution in [0.15, 0.2) is 164 Å². The van der Waals surface area contributed by atoms with E-state index in [1.807, 2.05) is 6.07 Å². The number of hydrogen-bond acceptors (Lipinski definition) is 2. The van der Waals surface area contributed by atoms with Gasteiger partial charge in [-0.2, -0.15) is 0 Å². The molecule has 0 aromatic heterocycles. The highest BCUT2D eigenvalue weighted by molar-refractivity contribution is 6.35. The number of rotatable bonds is 6. The summed E-state index contributed by atoms with van der Waals surface area (Å²) in [7, 11) is 6.53. The Kier molecular flexibility index (Phi) is 6.46. The first kappa shape index (κ1) is 24.7. The summed E-state index contributed by atoms with van der Waals surface area (Å²) >= 11 is 0. The molecule has 0 spiro atoms. The van der Waals surface area contributed by atoms with Gasteiger partial charge in [0.1, 0.15) is 7.85 Å². The van der Waals surface area contributed by atoms with Crippen molar-refractivity contribution in [3.8, 4) is 0 Å². The van der Waals surface area contributed by atoms with Crippen LogP contribution in [0.25, 0.3) is 21.5 Å². The second kappa shape index (κ2) is 10.7. The van der Waals surface area contributed by atoms with E-state index in [0.717, 1.165) is 61.1 Å². The maximum absolute atomic E-state index is 6.53. The molecule has 0 aliphatic rings. The Balaban J connectivity index is 1.64. The maximum Gasteiger partial charge on any atom is 0.113 e. The minimum Gasteiger partial charge on any atom is -0.309 e. The summed E-state index contributed by atoms with van der Waals surface area (Å²) in [4.78, 5) is 4.71. The topological polar surface area (TPSA) is 6.48 Å². The second-order valence-electron chi connectivity index (χ2n) is 10.1. The fraction of sp³-hybridized carbons (Fsp3) is 0. The highest BCUT2D eigenvalue weighted by atomic mass is 15.2. The molecule has 0 atom stereocenters. The largest absolute Gasteiger partial charge is 0.309 e. The fourth-order valence-electron chi connectivity index (χ4n) is 5.76. The predicted octanol–water partition coefficient (Wildman–Crippen LogP) is 9.73. The number of nitrogens with zero attached hydrogens (tertiary/aromatic N) is 2. The summed E-state index contributed by atoms with van der Waals surface area (Å²) in [6, 6.07) is 57.3. The van der Waals surface area contributed by atoms with Crippen LogP contribution in [0, 0.1) is 0 Å². The molecule has 0 unspecified atom stereocenters. The molecule has 0 aliphatic carbocycles. The van der Waals surface area contributed by atoms with Crippen LogP contribution < -0.4 is 15.3 Å². The first-order valence-corrected chi connectivity index (χ1v) is 13.8. The highest BCUT2D eigenvalue weighted by Gasteiger charge is 2.25. The summed E-state index contributed by atoms with van der Waals surface area (Å²) < 4.78 is 0. The number of hydrogen-bond donors (Lipinski definition) is 0. The Hall–Kier alpha value is -5.28. The quantitative estimate of drug-likeness (QED) is 0.122. The Labute approximate surface area is 242 Å². The highest BCUT2D eigenvalue weighted by Crippen LogP contribution is 2.50. The van der Waals surface area contributed by atoms with E-state index in [4.69, 9.17) is 7.85 Å². The number of para-hydroxylation sites is 4. The third-order valence-corrected chi connectivity index (χ3v) is 7.50. The molecule has 192 valence electrons. The summed E-state index contributed by atoms with van der Waals surface area (Å²) in [5.41, 5.74) is 7.32. The molecule has 2 radical (unpaired) electrons. The fourth-order valence-corrected chi connectivity index (χ4v) is 5.76. The van der Waals surface area contributed by atoms with Crippen LogP contribution in [0.1, 0.15) is 0 Å². The number of benzene rings is 7. The second-order valence-corrected chi connectivity index (χ2v) is 10.1. The van der Waals surface area contributed by atoms with Crippen LogP contribution in [0.5, 0.6) is 0 Å². The first-order chi connectivity index (χ1) is 20.3. The van der Waals surface area contributed by atoms with Gasteiger partial charge in [-0.3, -0.25) is 0 Å². The third-order valence-electron chi connectivity index (χ3n) is 7.50. The molecule has 7 aromatic carbocycles. The van der Waals surface area contributed by atoms with Crippen LogP contribution in [0.4, 0.5) is 34.1 Å². The normalized spacial score (nSPS) is 11.0. The molecular weight excluding hydrogens is 495 g/mol. The van der Waals surface area contributed by atoms with Gasteiger partial charge in [-0.05, 0) is 48.5 Å². The molecule has 7 aromatic rings. The molecule has 7 rings (SSSR count). The molecule has 0 aliphatic heterocycles. The Bertz CT molecular complexity index is 1860. The monoisotopic (exact) mass is 522 g/mol. The predicted molar refractivity (Wildman–Crippen MR) is 176 cm³/mol.